The van der Waals surface area contributed by atoms with Crippen molar-refractivity contribution >= 4 is 10.1 Å². The molecule has 0 unspecified atom stereocenters. The second-order valence-corrected chi connectivity index (χ2v) is 4.56. The number of hydrogen-bond acceptors (Lipinski definition) is 3. The van der Waals surface area contributed by atoms with Crippen molar-refractivity contribution in [3.63, 3.8) is 0 Å². The number of ether oxygens (including phenoxy) is 1. The van der Waals surface area contributed by atoms with Gasteiger partial charge in [0.25, 0.3) is 10.1 Å². The van der Waals surface area contributed by atoms with Crippen molar-refractivity contribution in [3.8, 4) is 5.75 Å². The molecule has 0 spiro atoms. The van der Waals surface area contributed by atoms with Crippen molar-refractivity contribution in [1.82, 2.24) is 0 Å². The van der Waals surface area contributed by atoms with Gasteiger partial charge in [0, 0.05) is 0 Å². The fourth-order valence-corrected chi connectivity index (χ4v) is 1.62. The maximum Gasteiger partial charge on any atom is 1.00 e. The molecule has 1 rings (SSSR count). The van der Waals surface area contributed by atoms with E-state index in [4.69, 9.17) is 9.29 Å². The second-order valence-electron chi connectivity index (χ2n) is 3.17. The second kappa shape index (κ2) is 6.42. The van der Waals surface area contributed by atoms with Crippen molar-refractivity contribution in [2.45, 2.75) is 11.8 Å². The van der Waals surface area contributed by atoms with E-state index in [0.29, 0.717) is 0 Å². The zero-order valence-corrected chi connectivity index (χ0v) is 12.1. The van der Waals surface area contributed by atoms with Gasteiger partial charge in [0.05, 0.1) is 0 Å². The van der Waals surface area contributed by atoms with Gasteiger partial charge in [0.15, 0.2) is 0 Å². The molecule has 6 heteroatoms. The van der Waals surface area contributed by atoms with E-state index in [2.05, 4.69) is 6.58 Å². The molecular formula is C10H12NaO4S+. The van der Waals surface area contributed by atoms with Crippen LogP contribution in [0.5, 0.6) is 5.75 Å². The van der Waals surface area contributed by atoms with E-state index in [1.54, 1.807) is 13.0 Å². The van der Waals surface area contributed by atoms with Gasteiger partial charge in [-0.3, -0.25) is 4.55 Å². The molecule has 0 aliphatic heterocycles. The zero-order chi connectivity index (χ0) is 11.5. The molecule has 4 nitrogen and oxygen atoms in total. The number of rotatable bonds is 4. The summed E-state index contributed by atoms with van der Waals surface area (Å²) in [5.41, 5.74) is 0.764. The van der Waals surface area contributed by atoms with E-state index in [1.807, 2.05) is 0 Å². The van der Waals surface area contributed by atoms with Gasteiger partial charge >= 0.3 is 29.6 Å². The van der Waals surface area contributed by atoms with Crippen LogP contribution < -0.4 is 34.3 Å². The maximum atomic E-state index is 11.0. The Balaban J connectivity index is 0.00000225. The molecule has 0 atom stereocenters. The molecule has 0 saturated heterocycles. The summed E-state index contributed by atoms with van der Waals surface area (Å²) in [6.45, 7) is 5.60. The molecule has 1 aromatic carbocycles. The van der Waals surface area contributed by atoms with Crippen LogP contribution in [-0.4, -0.2) is 19.6 Å². The van der Waals surface area contributed by atoms with Gasteiger partial charge in [0.1, 0.15) is 17.3 Å². The van der Waals surface area contributed by atoms with Crippen LogP contribution in [0, 0.1) is 0 Å². The standard InChI is InChI=1S/C10H12O4S.Na/c1-8(2)7-14-9-5-3-4-6-10(9)15(11,12)13;/h3-6H,1,7H2,2H3,(H,11,12,13);/q;+1. The van der Waals surface area contributed by atoms with Crippen molar-refractivity contribution in [2.24, 2.45) is 0 Å². The Kier molecular flexibility index (Phi) is 6.28. The van der Waals surface area contributed by atoms with Crippen molar-refractivity contribution in [2.75, 3.05) is 6.61 Å². The summed E-state index contributed by atoms with van der Waals surface area (Å²) in [7, 11) is -4.24. The van der Waals surface area contributed by atoms with Crippen LogP contribution in [0.2, 0.25) is 0 Å². The van der Waals surface area contributed by atoms with Crippen LogP contribution >= 0.6 is 0 Å². The Labute approximate surface area is 117 Å². The predicted molar refractivity (Wildman–Crippen MR) is 56.6 cm³/mol. The van der Waals surface area contributed by atoms with Gasteiger partial charge in [-0.2, -0.15) is 8.42 Å². The molecule has 0 heterocycles. The van der Waals surface area contributed by atoms with E-state index in [-0.39, 0.29) is 46.8 Å². The summed E-state index contributed by atoms with van der Waals surface area (Å²) in [4.78, 5) is -0.230. The molecule has 0 aliphatic carbocycles. The largest absolute Gasteiger partial charge is 1.00 e. The molecule has 82 valence electrons. The molecule has 16 heavy (non-hydrogen) atoms. The Morgan fingerprint density at radius 2 is 2.00 bits per heavy atom. The third kappa shape index (κ3) is 4.67. The van der Waals surface area contributed by atoms with Gasteiger partial charge in [0.2, 0.25) is 0 Å². The van der Waals surface area contributed by atoms with Gasteiger partial charge in [-0.25, -0.2) is 0 Å². The first-order valence-electron chi connectivity index (χ1n) is 4.25. The van der Waals surface area contributed by atoms with Crippen LogP contribution in [0.25, 0.3) is 0 Å². The van der Waals surface area contributed by atoms with Crippen molar-refractivity contribution in [1.29, 1.82) is 0 Å². The molecule has 0 amide bonds. The van der Waals surface area contributed by atoms with Crippen LogP contribution in [0.4, 0.5) is 0 Å². The van der Waals surface area contributed by atoms with Gasteiger partial charge in [-0.1, -0.05) is 18.7 Å². The maximum absolute atomic E-state index is 11.0. The number of para-hydroxylation sites is 1. The minimum atomic E-state index is -4.24. The van der Waals surface area contributed by atoms with E-state index in [1.165, 1.54) is 18.2 Å². The molecule has 0 fully saturated rings. The Bertz CT molecular complexity index is 467. The molecule has 0 aliphatic rings. The van der Waals surface area contributed by atoms with E-state index >= 15 is 0 Å². The summed E-state index contributed by atoms with van der Waals surface area (Å²) in [6.07, 6.45) is 0. The number of benzene rings is 1. The minimum Gasteiger partial charge on any atom is -0.488 e. The fraction of sp³-hybridized carbons (Fsp3) is 0.200. The average Bonchev–Trinajstić information content (AvgIpc) is 2.13. The Morgan fingerprint density at radius 3 is 2.50 bits per heavy atom. The summed E-state index contributed by atoms with van der Waals surface area (Å²) >= 11 is 0. The van der Waals surface area contributed by atoms with Gasteiger partial charge < -0.3 is 4.74 Å². The third-order valence-corrected chi connectivity index (χ3v) is 2.49. The number of hydrogen-bond donors (Lipinski definition) is 1. The fourth-order valence-electron chi connectivity index (χ4n) is 0.983. The summed E-state index contributed by atoms with van der Waals surface area (Å²) in [5, 5.41) is 0. The first kappa shape index (κ1) is 15.7. The van der Waals surface area contributed by atoms with Crippen LogP contribution in [0.15, 0.2) is 41.3 Å². The average molecular weight is 251 g/mol. The molecule has 0 bridgehead atoms. The van der Waals surface area contributed by atoms with Crippen molar-refractivity contribution in [3.05, 3.63) is 36.4 Å². The quantitative estimate of drug-likeness (QED) is 0.419. The first-order valence-corrected chi connectivity index (χ1v) is 5.69. The molecule has 1 N–H and O–H groups in total. The van der Waals surface area contributed by atoms with E-state index in [9.17, 15) is 8.42 Å². The van der Waals surface area contributed by atoms with Crippen molar-refractivity contribution < 1.29 is 47.3 Å². The van der Waals surface area contributed by atoms with E-state index < -0.39 is 10.1 Å². The third-order valence-electron chi connectivity index (χ3n) is 1.60. The predicted octanol–water partition coefficient (Wildman–Crippen LogP) is -1.11. The smallest absolute Gasteiger partial charge is 0.488 e. The van der Waals surface area contributed by atoms with Gasteiger partial charge in [-0.15, -0.1) is 0 Å². The SMILES string of the molecule is C=C(C)COc1ccccc1S(=O)(=O)O.[Na+]. The first-order chi connectivity index (χ1) is 6.91. The summed E-state index contributed by atoms with van der Waals surface area (Å²) < 4.78 is 36.0. The minimum absolute atomic E-state index is 0. The van der Waals surface area contributed by atoms with Gasteiger partial charge in [-0.05, 0) is 24.6 Å². The molecule has 0 radical (unpaired) electrons. The van der Waals surface area contributed by atoms with Crippen LogP contribution in [0.3, 0.4) is 0 Å². The molecule has 1 aromatic rings. The van der Waals surface area contributed by atoms with Crippen LogP contribution in [-0.2, 0) is 10.1 Å². The topological polar surface area (TPSA) is 63.6 Å². The molecule has 0 aromatic heterocycles. The molecular weight excluding hydrogens is 239 g/mol. The monoisotopic (exact) mass is 251 g/mol. The van der Waals surface area contributed by atoms with Crippen LogP contribution in [0.1, 0.15) is 6.92 Å². The van der Waals surface area contributed by atoms with E-state index in [0.717, 1.165) is 5.57 Å². The Morgan fingerprint density at radius 1 is 1.44 bits per heavy atom. The normalized spacial score (nSPS) is 10.4. The molecule has 0 saturated carbocycles. The Hall–Kier alpha value is -0.330. The summed E-state index contributed by atoms with van der Waals surface area (Å²) in [5.74, 6) is 0.128. The zero-order valence-electron chi connectivity index (χ0n) is 9.30. The summed E-state index contributed by atoms with van der Waals surface area (Å²) in [6, 6.07) is 5.90.